The van der Waals surface area contributed by atoms with Gasteiger partial charge in [-0.25, -0.2) is 4.98 Å². The molecule has 0 aliphatic carbocycles. The molecule has 0 spiro atoms. The van der Waals surface area contributed by atoms with E-state index in [0.717, 1.165) is 37.4 Å². The lowest BCUT2D eigenvalue weighted by Crippen LogP contribution is -2.44. The molecule has 9 heteroatoms. The molecular formula is C27H28BrN7O. The van der Waals surface area contributed by atoms with Gasteiger partial charge in [0.2, 0.25) is 5.95 Å². The minimum atomic E-state index is -0.124. The Kier molecular flexibility index (Phi) is 7.29. The molecule has 0 bridgehead atoms. The van der Waals surface area contributed by atoms with Crippen LogP contribution in [0.4, 0.5) is 28.8 Å². The Bertz CT molecular complexity index is 1370. The number of hydrogen-bond donors (Lipinski definition) is 2. The number of hydrogen-bond acceptors (Lipinski definition) is 7. The zero-order valence-electron chi connectivity index (χ0n) is 20.1. The summed E-state index contributed by atoms with van der Waals surface area (Å²) in [4.78, 5) is 26.8. The summed E-state index contributed by atoms with van der Waals surface area (Å²) < 4.78 is 2.34. The monoisotopic (exact) mass is 545 g/mol. The van der Waals surface area contributed by atoms with Gasteiger partial charge in [-0.2, -0.15) is 4.98 Å². The van der Waals surface area contributed by atoms with Crippen LogP contribution in [0.2, 0.25) is 0 Å². The maximum absolute atomic E-state index is 13.1. The van der Waals surface area contributed by atoms with Crippen molar-refractivity contribution >= 4 is 44.8 Å². The summed E-state index contributed by atoms with van der Waals surface area (Å²) in [6.07, 6.45) is 3.45. The topological polar surface area (TPSA) is 78.3 Å². The second-order valence-corrected chi connectivity index (χ2v) is 9.67. The zero-order valence-corrected chi connectivity index (χ0v) is 21.6. The van der Waals surface area contributed by atoms with Crippen molar-refractivity contribution in [1.82, 2.24) is 19.4 Å². The largest absolute Gasteiger partial charge is 0.369 e. The fraction of sp³-hybridized carbons (Fsp3) is 0.222. The number of pyridine rings is 1. The van der Waals surface area contributed by atoms with Crippen molar-refractivity contribution in [2.45, 2.75) is 6.54 Å². The summed E-state index contributed by atoms with van der Waals surface area (Å²) in [5.74, 6) is 0.949. The van der Waals surface area contributed by atoms with E-state index in [1.54, 1.807) is 23.0 Å². The van der Waals surface area contributed by atoms with Crippen molar-refractivity contribution in [1.29, 1.82) is 0 Å². The van der Waals surface area contributed by atoms with Crippen LogP contribution in [-0.2, 0) is 6.54 Å². The molecular weight excluding hydrogens is 518 g/mol. The third-order valence-corrected chi connectivity index (χ3v) is 6.79. The van der Waals surface area contributed by atoms with Crippen molar-refractivity contribution < 1.29 is 0 Å². The lowest BCUT2D eigenvalue weighted by atomic mass is 10.2. The number of rotatable bonds is 7. The smallest absolute Gasteiger partial charge is 0.274 e. The molecule has 1 saturated heterocycles. The minimum Gasteiger partial charge on any atom is -0.369 e. The van der Waals surface area contributed by atoms with Crippen LogP contribution in [0.5, 0.6) is 0 Å². The SMILES string of the molecule is CN1CCN(c2ccc(Nc3ncc(Br)c(Nc4cccn(Cc5ccccc5)c4=O)n3)cc2)CC1. The average molecular weight is 546 g/mol. The highest BCUT2D eigenvalue weighted by Crippen LogP contribution is 2.25. The van der Waals surface area contributed by atoms with Gasteiger partial charge in [0.15, 0.2) is 5.82 Å². The molecule has 0 unspecified atom stereocenters. The van der Waals surface area contributed by atoms with Crippen molar-refractivity contribution in [3.63, 3.8) is 0 Å². The standard InChI is InChI=1S/C27H28BrN7O/c1-33-14-16-34(17-15-33)22-11-9-21(10-12-22)30-27-29-18-23(28)25(32-27)31-24-8-5-13-35(26(24)36)19-20-6-3-2-4-7-20/h2-13,18H,14-17,19H2,1H3,(H2,29,30,31,32). The van der Waals surface area contributed by atoms with Crippen LogP contribution < -0.4 is 21.1 Å². The van der Waals surface area contributed by atoms with E-state index in [1.165, 1.54) is 5.69 Å². The molecule has 0 amide bonds. The highest BCUT2D eigenvalue weighted by Gasteiger charge is 2.14. The van der Waals surface area contributed by atoms with Gasteiger partial charge in [-0.3, -0.25) is 4.79 Å². The van der Waals surface area contributed by atoms with E-state index < -0.39 is 0 Å². The van der Waals surface area contributed by atoms with Gasteiger partial charge in [0.05, 0.1) is 11.0 Å². The summed E-state index contributed by atoms with van der Waals surface area (Å²) >= 11 is 3.49. The molecule has 0 radical (unpaired) electrons. The first-order valence-electron chi connectivity index (χ1n) is 11.9. The Balaban J connectivity index is 1.29. The van der Waals surface area contributed by atoms with Crippen molar-refractivity contribution in [3.05, 3.63) is 99.5 Å². The second-order valence-electron chi connectivity index (χ2n) is 8.82. The number of nitrogens with one attached hydrogen (secondary N) is 2. The number of halogens is 1. The van der Waals surface area contributed by atoms with E-state index in [1.807, 2.05) is 48.5 Å². The molecule has 0 saturated carbocycles. The Labute approximate surface area is 218 Å². The molecule has 2 N–H and O–H groups in total. The van der Waals surface area contributed by atoms with Gasteiger partial charge in [0.1, 0.15) is 5.69 Å². The third-order valence-electron chi connectivity index (χ3n) is 6.20. The van der Waals surface area contributed by atoms with Gasteiger partial charge in [0, 0.05) is 49.9 Å². The first-order valence-corrected chi connectivity index (χ1v) is 12.7. The summed E-state index contributed by atoms with van der Waals surface area (Å²) in [5, 5.41) is 6.43. The highest BCUT2D eigenvalue weighted by atomic mass is 79.9. The third kappa shape index (κ3) is 5.75. The quantitative estimate of drug-likeness (QED) is 0.348. The van der Waals surface area contributed by atoms with Crippen LogP contribution in [-0.4, -0.2) is 52.7 Å². The van der Waals surface area contributed by atoms with Gasteiger partial charge in [-0.15, -0.1) is 0 Å². The van der Waals surface area contributed by atoms with Crippen LogP contribution in [0.25, 0.3) is 0 Å². The van der Waals surface area contributed by atoms with Crippen molar-refractivity contribution in [2.24, 2.45) is 0 Å². The van der Waals surface area contributed by atoms with Crippen LogP contribution in [0, 0.1) is 0 Å². The number of likely N-dealkylation sites (N-methyl/N-ethyl adjacent to an activating group) is 1. The lowest BCUT2D eigenvalue weighted by Gasteiger charge is -2.34. The number of piperazine rings is 1. The number of benzene rings is 2. The van der Waals surface area contributed by atoms with Gasteiger partial charge in [-0.05, 0) is 64.9 Å². The average Bonchev–Trinajstić information content (AvgIpc) is 2.90. The van der Waals surface area contributed by atoms with Gasteiger partial charge >= 0.3 is 0 Å². The zero-order chi connectivity index (χ0) is 24.9. The minimum absolute atomic E-state index is 0.124. The van der Waals surface area contributed by atoms with Gasteiger partial charge in [0.25, 0.3) is 5.56 Å². The summed E-state index contributed by atoms with van der Waals surface area (Å²) in [5.41, 5.74) is 3.48. The fourth-order valence-electron chi connectivity index (χ4n) is 4.13. The van der Waals surface area contributed by atoms with Crippen molar-refractivity contribution in [2.75, 3.05) is 48.8 Å². The highest BCUT2D eigenvalue weighted by molar-refractivity contribution is 9.10. The first-order chi connectivity index (χ1) is 17.5. The molecule has 1 aliphatic heterocycles. The summed E-state index contributed by atoms with van der Waals surface area (Å²) in [7, 11) is 2.16. The molecule has 8 nitrogen and oxygen atoms in total. The lowest BCUT2D eigenvalue weighted by molar-refractivity contribution is 0.313. The second kappa shape index (κ2) is 10.9. The molecule has 5 rings (SSSR count). The molecule has 1 aliphatic rings. The van der Waals surface area contributed by atoms with E-state index in [2.05, 4.69) is 65.5 Å². The molecule has 3 heterocycles. The number of nitrogens with zero attached hydrogens (tertiary/aromatic N) is 5. The number of anilines is 5. The van der Waals surface area contributed by atoms with Gasteiger partial charge in [-0.1, -0.05) is 30.3 Å². The predicted molar refractivity (Wildman–Crippen MR) is 149 cm³/mol. The van der Waals surface area contributed by atoms with E-state index in [4.69, 9.17) is 0 Å². The van der Waals surface area contributed by atoms with Crippen LogP contribution in [0.1, 0.15) is 5.56 Å². The molecule has 36 heavy (non-hydrogen) atoms. The van der Waals surface area contributed by atoms with E-state index in [-0.39, 0.29) is 5.56 Å². The maximum Gasteiger partial charge on any atom is 0.274 e. The van der Waals surface area contributed by atoms with Crippen LogP contribution in [0.3, 0.4) is 0 Å². The number of aromatic nitrogens is 3. The normalized spacial score (nSPS) is 14.0. The Morgan fingerprint density at radius 1 is 0.917 bits per heavy atom. The molecule has 4 aromatic rings. The van der Waals surface area contributed by atoms with Crippen LogP contribution in [0.15, 0.2) is 88.4 Å². The molecule has 0 atom stereocenters. The predicted octanol–water partition coefficient (Wildman–Crippen LogP) is 4.69. The van der Waals surface area contributed by atoms with Gasteiger partial charge < -0.3 is 25.0 Å². The fourth-order valence-corrected chi connectivity index (χ4v) is 4.42. The summed E-state index contributed by atoms with van der Waals surface area (Å²) in [6.45, 7) is 4.70. The molecule has 2 aromatic carbocycles. The van der Waals surface area contributed by atoms with E-state index in [9.17, 15) is 4.79 Å². The summed E-state index contributed by atoms with van der Waals surface area (Å²) in [6, 6.07) is 21.8. The Morgan fingerprint density at radius 3 is 2.42 bits per heavy atom. The Morgan fingerprint density at radius 2 is 1.67 bits per heavy atom. The Hall–Kier alpha value is -3.69. The molecule has 184 valence electrons. The molecule has 1 fully saturated rings. The van der Waals surface area contributed by atoms with Crippen molar-refractivity contribution in [3.8, 4) is 0 Å². The first kappa shape index (κ1) is 24.0. The van der Waals surface area contributed by atoms with E-state index in [0.29, 0.717) is 28.5 Å². The maximum atomic E-state index is 13.1. The van der Waals surface area contributed by atoms with Crippen LogP contribution >= 0.6 is 15.9 Å². The van der Waals surface area contributed by atoms with E-state index >= 15 is 0 Å². The molecule has 2 aromatic heterocycles.